The van der Waals surface area contributed by atoms with Crippen LogP contribution in [-0.2, 0) is 4.79 Å². The molecule has 0 aromatic carbocycles. The Bertz CT molecular complexity index is 109. The first-order valence-corrected chi connectivity index (χ1v) is 2.34. The van der Waals surface area contributed by atoms with E-state index in [0.29, 0.717) is 6.54 Å². The highest BCUT2D eigenvalue weighted by atomic mass is 16.3. The Morgan fingerprint density at radius 2 is 2.38 bits per heavy atom. The third kappa shape index (κ3) is 2.23. The topological polar surface area (TPSA) is 49.3 Å². The zero-order valence-electron chi connectivity index (χ0n) is 4.77. The van der Waals surface area contributed by atoms with E-state index >= 15 is 0 Å². The maximum Gasteiger partial charge on any atom is 0.285 e. The number of aliphatic hydroxyl groups excluding tert-OH is 1. The molecule has 1 amide bonds. The monoisotopic (exact) mass is 115 g/mol. The first-order chi connectivity index (χ1) is 3.68. The quantitative estimate of drug-likeness (QED) is 0.399. The fourth-order valence-electron chi connectivity index (χ4n) is 0.263. The molecule has 0 saturated carbocycles. The summed E-state index contributed by atoms with van der Waals surface area (Å²) in [6.45, 7) is 5.29. The summed E-state index contributed by atoms with van der Waals surface area (Å²) in [4.78, 5) is 10.3. The normalized spacial score (nSPS) is 8.12. The number of hydrogen-bond acceptors (Lipinski definition) is 2. The fourth-order valence-corrected chi connectivity index (χ4v) is 0.263. The number of carbonyl (C=O) groups is 1. The second-order valence-corrected chi connectivity index (χ2v) is 1.31. The standard InChI is InChI=1S/C5H9NO2/c1-3-6-5(8)4(2)7/h7H,2-3H2,1H3,(H,6,8). The lowest BCUT2D eigenvalue weighted by atomic mass is 10.5. The number of aliphatic hydroxyl groups is 1. The SMILES string of the molecule is C=C(O)C(=O)NCC. The Kier molecular flexibility index (Phi) is 2.69. The summed E-state index contributed by atoms with van der Waals surface area (Å²) >= 11 is 0. The molecule has 0 heterocycles. The smallest absolute Gasteiger partial charge is 0.285 e. The maximum absolute atomic E-state index is 10.3. The Morgan fingerprint density at radius 1 is 1.88 bits per heavy atom. The Balaban J connectivity index is 3.49. The van der Waals surface area contributed by atoms with Gasteiger partial charge in [-0.2, -0.15) is 0 Å². The molecule has 0 rings (SSSR count). The lowest BCUT2D eigenvalue weighted by Gasteiger charge is -1.95. The highest BCUT2D eigenvalue weighted by molar-refractivity contribution is 5.90. The molecule has 0 aromatic heterocycles. The van der Waals surface area contributed by atoms with Crippen LogP contribution in [0.4, 0.5) is 0 Å². The van der Waals surface area contributed by atoms with Crippen molar-refractivity contribution >= 4 is 5.91 Å². The van der Waals surface area contributed by atoms with Crippen LogP contribution in [0.25, 0.3) is 0 Å². The van der Waals surface area contributed by atoms with Gasteiger partial charge in [0.25, 0.3) is 5.91 Å². The largest absolute Gasteiger partial charge is 0.503 e. The molecule has 0 aliphatic heterocycles. The molecule has 0 atom stereocenters. The van der Waals surface area contributed by atoms with E-state index in [4.69, 9.17) is 5.11 Å². The fraction of sp³-hybridized carbons (Fsp3) is 0.400. The van der Waals surface area contributed by atoms with Gasteiger partial charge in [-0.15, -0.1) is 0 Å². The van der Waals surface area contributed by atoms with Crippen molar-refractivity contribution in [1.82, 2.24) is 5.32 Å². The van der Waals surface area contributed by atoms with E-state index < -0.39 is 11.7 Å². The zero-order valence-corrected chi connectivity index (χ0v) is 4.77. The van der Waals surface area contributed by atoms with Crippen molar-refractivity contribution in [3.05, 3.63) is 12.3 Å². The molecule has 0 aliphatic rings. The van der Waals surface area contributed by atoms with Gasteiger partial charge >= 0.3 is 0 Å². The predicted molar refractivity (Wildman–Crippen MR) is 30.5 cm³/mol. The van der Waals surface area contributed by atoms with Gasteiger partial charge < -0.3 is 10.4 Å². The van der Waals surface area contributed by atoms with Crippen LogP contribution in [0.15, 0.2) is 12.3 Å². The molecule has 0 fully saturated rings. The van der Waals surface area contributed by atoms with Gasteiger partial charge in [-0.1, -0.05) is 6.58 Å². The van der Waals surface area contributed by atoms with Crippen molar-refractivity contribution in [3.63, 3.8) is 0 Å². The minimum absolute atomic E-state index is 0.438. The number of rotatable bonds is 2. The van der Waals surface area contributed by atoms with Crippen LogP contribution in [0.5, 0.6) is 0 Å². The van der Waals surface area contributed by atoms with Crippen molar-refractivity contribution in [3.8, 4) is 0 Å². The minimum atomic E-state index is -0.507. The molecular weight excluding hydrogens is 106 g/mol. The number of hydrogen-bond donors (Lipinski definition) is 2. The molecule has 0 radical (unpaired) electrons. The average molecular weight is 115 g/mol. The summed E-state index contributed by atoms with van der Waals surface area (Å²) in [6, 6.07) is 0. The van der Waals surface area contributed by atoms with Crippen LogP contribution in [0.3, 0.4) is 0 Å². The van der Waals surface area contributed by atoms with E-state index in [1.807, 2.05) is 0 Å². The van der Waals surface area contributed by atoms with E-state index in [2.05, 4.69) is 11.9 Å². The Hall–Kier alpha value is -0.990. The van der Waals surface area contributed by atoms with Crippen LogP contribution in [0, 0.1) is 0 Å². The van der Waals surface area contributed by atoms with Crippen molar-refractivity contribution < 1.29 is 9.90 Å². The van der Waals surface area contributed by atoms with Gasteiger partial charge in [0, 0.05) is 6.54 Å². The Morgan fingerprint density at radius 3 is 2.50 bits per heavy atom. The lowest BCUT2D eigenvalue weighted by Crippen LogP contribution is -2.23. The predicted octanol–water partition coefficient (Wildman–Crippen LogP) is 0.194. The van der Waals surface area contributed by atoms with Crippen LogP contribution in [-0.4, -0.2) is 17.6 Å². The second kappa shape index (κ2) is 3.07. The van der Waals surface area contributed by atoms with E-state index in [-0.39, 0.29) is 0 Å². The first kappa shape index (κ1) is 7.01. The number of carbonyl (C=O) groups excluding carboxylic acids is 1. The zero-order chi connectivity index (χ0) is 6.57. The number of nitrogens with one attached hydrogen (secondary N) is 1. The van der Waals surface area contributed by atoms with Crippen molar-refractivity contribution in [2.45, 2.75) is 6.92 Å². The minimum Gasteiger partial charge on any atom is -0.503 e. The molecule has 0 spiro atoms. The van der Waals surface area contributed by atoms with Crippen LogP contribution < -0.4 is 5.32 Å². The second-order valence-electron chi connectivity index (χ2n) is 1.31. The van der Waals surface area contributed by atoms with Gasteiger partial charge in [0.05, 0.1) is 0 Å². The molecule has 0 aliphatic carbocycles. The third-order valence-corrected chi connectivity index (χ3v) is 0.599. The molecule has 3 heteroatoms. The van der Waals surface area contributed by atoms with Crippen molar-refractivity contribution in [2.75, 3.05) is 6.54 Å². The van der Waals surface area contributed by atoms with Crippen LogP contribution in [0.1, 0.15) is 6.92 Å². The van der Waals surface area contributed by atoms with Gasteiger partial charge in [0.1, 0.15) is 0 Å². The molecule has 0 unspecified atom stereocenters. The summed E-state index contributed by atoms with van der Waals surface area (Å²) in [6.07, 6.45) is 0. The van der Waals surface area contributed by atoms with Gasteiger partial charge in [0.2, 0.25) is 0 Å². The average Bonchev–Trinajstić information content (AvgIpc) is 1.67. The van der Waals surface area contributed by atoms with E-state index in [1.54, 1.807) is 6.92 Å². The molecular formula is C5H9NO2. The van der Waals surface area contributed by atoms with Gasteiger partial charge in [-0.3, -0.25) is 4.79 Å². The number of likely N-dealkylation sites (N-methyl/N-ethyl adjacent to an activating group) is 1. The van der Waals surface area contributed by atoms with E-state index in [9.17, 15) is 4.79 Å². The molecule has 0 aromatic rings. The summed E-state index contributed by atoms with van der Waals surface area (Å²) in [7, 11) is 0. The van der Waals surface area contributed by atoms with Crippen LogP contribution >= 0.6 is 0 Å². The summed E-state index contributed by atoms with van der Waals surface area (Å²) in [5, 5.41) is 10.7. The molecule has 46 valence electrons. The summed E-state index contributed by atoms with van der Waals surface area (Å²) in [5.74, 6) is -0.945. The maximum atomic E-state index is 10.3. The van der Waals surface area contributed by atoms with Gasteiger partial charge in [0.15, 0.2) is 5.76 Å². The highest BCUT2D eigenvalue weighted by Gasteiger charge is 1.98. The van der Waals surface area contributed by atoms with Gasteiger partial charge in [-0.05, 0) is 6.92 Å². The van der Waals surface area contributed by atoms with Crippen molar-refractivity contribution in [1.29, 1.82) is 0 Å². The molecule has 2 N–H and O–H groups in total. The lowest BCUT2D eigenvalue weighted by molar-refractivity contribution is -0.119. The number of amides is 1. The Labute approximate surface area is 48.0 Å². The summed E-state index contributed by atoms with van der Waals surface area (Å²) < 4.78 is 0. The highest BCUT2D eigenvalue weighted by Crippen LogP contribution is 1.77. The van der Waals surface area contributed by atoms with Crippen LogP contribution in [0.2, 0.25) is 0 Å². The molecule has 3 nitrogen and oxygen atoms in total. The first-order valence-electron chi connectivity index (χ1n) is 2.34. The van der Waals surface area contributed by atoms with Gasteiger partial charge in [-0.25, -0.2) is 0 Å². The summed E-state index contributed by atoms with van der Waals surface area (Å²) in [5.41, 5.74) is 0. The molecule has 0 saturated heterocycles. The van der Waals surface area contributed by atoms with E-state index in [0.717, 1.165) is 0 Å². The third-order valence-electron chi connectivity index (χ3n) is 0.599. The molecule has 0 bridgehead atoms. The van der Waals surface area contributed by atoms with E-state index in [1.165, 1.54) is 0 Å². The molecule has 8 heavy (non-hydrogen) atoms. The van der Waals surface area contributed by atoms with Crippen molar-refractivity contribution in [2.24, 2.45) is 0 Å².